The van der Waals surface area contributed by atoms with Crippen LogP contribution in [0.3, 0.4) is 0 Å². The standard InChI is InChI=1S/C22H30N4/c1-18-11-15-26(16-12-18)21-17-20(25-13-7-2-3-8-14-25)23-22(24-21)19-9-5-4-6-10-19/h4-6,9-10,17-18H,2-3,7-8,11-16H2,1H3. The maximum Gasteiger partial charge on any atom is 0.163 e. The van der Waals surface area contributed by atoms with Crippen molar-refractivity contribution in [2.24, 2.45) is 5.92 Å². The van der Waals surface area contributed by atoms with Gasteiger partial charge in [-0.3, -0.25) is 0 Å². The highest BCUT2D eigenvalue weighted by Gasteiger charge is 2.20. The Morgan fingerprint density at radius 3 is 1.96 bits per heavy atom. The number of hydrogen-bond acceptors (Lipinski definition) is 4. The first-order chi connectivity index (χ1) is 12.8. The molecule has 138 valence electrons. The van der Waals surface area contributed by atoms with Gasteiger partial charge in [0.1, 0.15) is 11.6 Å². The minimum Gasteiger partial charge on any atom is -0.356 e. The molecule has 0 saturated carbocycles. The van der Waals surface area contributed by atoms with E-state index in [1.807, 2.05) is 0 Å². The van der Waals surface area contributed by atoms with Crippen molar-refractivity contribution in [1.29, 1.82) is 0 Å². The van der Waals surface area contributed by atoms with Crippen LogP contribution in [0.25, 0.3) is 11.4 Å². The molecule has 4 heteroatoms. The van der Waals surface area contributed by atoms with E-state index >= 15 is 0 Å². The summed E-state index contributed by atoms with van der Waals surface area (Å²) < 4.78 is 0. The highest BCUT2D eigenvalue weighted by molar-refractivity contribution is 5.62. The first-order valence-electron chi connectivity index (χ1n) is 10.2. The van der Waals surface area contributed by atoms with Crippen molar-refractivity contribution in [2.75, 3.05) is 36.0 Å². The average molecular weight is 351 g/mol. The fourth-order valence-electron chi connectivity index (χ4n) is 4.00. The molecule has 0 aliphatic carbocycles. The molecule has 0 amide bonds. The van der Waals surface area contributed by atoms with E-state index in [-0.39, 0.29) is 0 Å². The Kier molecular flexibility index (Phi) is 5.37. The van der Waals surface area contributed by atoms with Gasteiger partial charge in [0.25, 0.3) is 0 Å². The van der Waals surface area contributed by atoms with E-state index in [1.165, 1.54) is 38.5 Å². The molecular weight excluding hydrogens is 320 g/mol. The van der Waals surface area contributed by atoms with Crippen LogP contribution in [0.4, 0.5) is 11.6 Å². The van der Waals surface area contributed by atoms with E-state index in [0.29, 0.717) is 0 Å². The molecule has 2 saturated heterocycles. The van der Waals surface area contributed by atoms with Gasteiger partial charge in [-0.05, 0) is 31.6 Å². The Labute approximate surface area is 157 Å². The molecule has 4 nitrogen and oxygen atoms in total. The molecule has 0 bridgehead atoms. The molecule has 2 aliphatic heterocycles. The number of benzene rings is 1. The zero-order valence-corrected chi connectivity index (χ0v) is 15.9. The Morgan fingerprint density at radius 2 is 1.35 bits per heavy atom. The van der Waals surface area contributed by atoms with E-state index in [1.54, 1.807) is 0 Å². The first-order valence-corrected chi connectivity index (χ1v) is 10.2. The van der Waals surface area contributed by atoms with Gasteiger partial charge in [-0.2, -0.15) is 0 Å². The summed E-state index contributed by atoms with van der Waals surface area (Å²) in [7, 11) is 0. The van der Waals surface area contributed by atoms with Crippen molar-refractivity contribution in [1.82, 2.24) is 9.97 Å². The summed E-state index contributed by atoms with van der Waals surface area (Å²) in [6.45, 7) is 6.79. The quantitative estimate of drug-likeness (QED) is 0.799. The number of piperidine rings is 1. The van der Waals surface area contributed by atoms with Gasteiger partial charge in [-0.15, -0.1) is 0 Å². The van der Waals surface area contributed by atoms with Crippen LogP contribution < -0.4 is 9.80 Å². The molecule has 2 aliphatic rings. The van der Waals surface area contributed by atoms with Gasteiger partial charge in [0.05, 0.1) is 0 Å². The van der Waals surface area contributed by atoms with Crippen LogP contribution in [0.2, 0.25) is 0 Å². The lowest BCUT2D eigenvalue weighted by molar-refractivity contribution is 0.436. The van der Waals surface area contributed by atoms with Crippen LogP contribution in [0.1, 0.15) is 45.4 Å². The summed E-state index contributed by atoms with van der Waals surface area (Å²) in [5, 5.41) is 0. The molecule has 2 fully saturated rings. The van der Waals surface area contributed by atoms with Crippen molar-refractivity contribution in [3.63, 3.8) is 0 Å². The largest absolute Gasteiger partial charge is 0.356 e. The summed E-state index contributed by atoms with van der Waals surface area (Å²) in [6.07, 6.45) is 7.71. The number of aromatic nitrogens is 2. The van der Waals surface area contributed by atoms with E-state index < -0.39 is 0 Å². The Bertz CT molecular complexity index is 699. The maximum atomic E-state index is 4.97. The molecular formula is C22H30N4. The van der Waals surface area contributed by atoms with Crippen LogP contribution in [0.15, 0.2) is 36.4 Å². The topological polar surface area (TPSA) is 32.3 Å². The second kappa shape index (κ2) is 8.07. The zero-order chi connectivity index (χ0) is 17.8. The molecule has 0 unspecified atom stereocenters. The average Bonchev–Trinajstić information content (AvgIpc) is 2.98. The normalized spacial score (nSPS) is 19.4. The van der Waals surface area contributed by atoms with Crippen LogP contribution in [0.5, 0.6) is 0 Å². The second-order valence-electron chi connectivity index (χ2n) is 7.84. The number of hydrogen-bond donors (Lipinski definition) is 0. The van der Waals surface area contributed by atoms with Crippen LogP contribution in [-0.2, 0) is 0 Å². The van der Waals surface area contributed by atoms with Gasteiger partial charge in [0.15, 0.2) is 5.82 Å². The number of anilines is 2. The summed E-state index contributed by atoms with van der Waals surface area (Å²) in [6, 6.07) is 12.6. The molecule has 0 atom stereocenters. The third kappa shape index (κ3) is 4.00. The van der Waals surface area contributed by atoms with Gasteiger partial charge in [0, 0.05) is 37.8 Å². The zero-order valence-electron chi connectivity index (χ0n) is 15.9. The van der Waals surface area contributed by atoms with E-state index in [4.69, 9.17) is 9.97 Å². The third-order valence-corrected chi connectivity index (χ3v) is 5.77. The predicted molar refractivity (Wildman–Crippen MR) is 109 cm³/mol. The van der Waals surface area contributed by atoms with Gasteiger partial charge >= 0.3 is 0 Å². The predicted octanol–water partition coefficient (Wildman–Crippen LogP) is 4.76. The monoisotopic (exact) mass is 350 g/mol. The van der Waals surface area contributed by atoms with Crippen LogP contribution in [-0.4, -0.2) is 36.1 Å². The maximum absolute atomic E-state index is 4.97. The summed E-state index contributed by atoms with van der Waals surface area (Å²) >= 11 is 0. The lowest BCUT2D eigenvalue weighted by Gasteiger charge is -2.32. The van der Waals surface area contributed by atoms with Gasteiger partial charge in [-0.1, -0.05) is 50.1 Å². The van der Waals surface area contributed by atoms with Gasteiger partial charge in [0.2, 0.25) is 0 Å². The SMILES string of the molecule is CC1CCN(c2cc(N3CCCCCC3)nc(-c3ccccc3)n2)CC1. The minimum atomic E-state index is 0.826. The Hall–Kier alpha value is -2.10. The fraction of sp³-hybridized carbons (Fsp3) is 0.545. The summed E-state index contributed by atoms with van der Waals surface area (Å²) in [5.41, 5.74) is 1.11. The molecule has 3 heterocycles. The first kappa shape index (κ1) is 17.3. The molecule has 4 rings (SSSR count). The fourth-order valence-corrected chi connectivity index (χ4v) is 4.00. The second-order valence-corrected chi connectivity index (χ2v) is 7.84. The van der Waals surface area contributed by atoms with E-state index in [0.717, 1.165) is 55.1 Å². The summed E-state index contributed by atoms with van der Waals surface area (Å²) in [4.78, 5) is 14.8. The highest BCUT2D eigenvalue weighted by Crippen LogP contribution is 2.28. The minimum absolute atomic E-state index is 0.826. The molecule has 1 aromatic carbocycles. The number of rotatable bonds is 3. The molecule has 0 spiro atoms. The molecule has 0 N–H and O–H groups in total. The van der Waals surface area contributed by atoms with E-state index in [9.17, 15) is 0 Å². The molecule has 26 heavy (non-hydrogen) atoms. The lowest BCUT2D eigenvalue weighted by Crippen LogP contribution is -2.34. The smallest absolute Gasteiger partial charge is 0.163 e. The summed E-state index contributed by atoms with van der Waals surface area (Å²) in [5.74, 6) is 3.90. The van der Waals surface area contributed by atoms with Crippen molar-refractivity contribution in [3.05, 3.63) is 36.4 Å². The molecule has 2 aromatic rings. The Balaban J connectivity index is 1.69. The lowest BCUT2D eigenvalue weighted by atomic mass is 9.99. The van der Waals surface area contributed by atoms with Crippen molar-refractivity contribution < 1.29 is 0 Å². The van der Waals surface area contributed by atoms with Crippen LogP contribution in [0, 0.1) is 5.92 Å². The molecule has 1 aromatic heterocycles. The van der Waals surface area contributed by atoms with E-state index in [2.05, 4.69) is 53.1 Å². The third-order valence-electron chi connectivity index (χ3n) is 5.77. The van der Waals surface area contributed by atoms with Gasteiger partial charge in [-0.25, -0.2) is 9.97 Å². The van der Waals surface area contributed by atoms with Gasteiger partial charge < -0.3 is 9.80 Å². The van der Waals surface area contributed by atoms with Crippen molar-refractivity contribution in [3.8, 4) is 11.4 Å². The highest BCUT2D eigenvalue weighted by atomic mass is 15.2. The number of nitrogens with zero attached hydrogens (tertiary/aromatic N) is 4. The molecule has 0 radical (unpaired) electrons. The van der Waals surface area contributed by atoms with Crippen molar-refractivity contribution >= 4 is 11.6 Å². The van der Waals surface area contributed by atoms with Crippen LogP contribution >= 0.6 is 0 Å². The van der Waals surface area contributed by atoms with Crippen molar-refractivity contribution in [2.45, 2.75) is 45.4 Å². The Morgan fingerprint density at radius 1 is 0.769 bits per heavy atom.